The van der Waals surface area contributed by atoms with Crippen LogP contribution in [0.1, 0.15) is 46.4 Å². The van der Waals surface area contributed by atoms with Crippen LogP contribution in [-0.2, 0) is 14.4 Å². The van der Waals surface area contributed by atoms with Crippen LogP contribution in [0.25, 0.3) is 0 Å². The number of aliphatic carboxylic acids is 1. The van der Waals surface area contributed by atoms with Gasteiger partial charge < -0.3 is 10.0 Å². The van der Waals surface area contributed by atoms with Gasteiger partial charge in [0.05, 0.1) is 16.8 Å². The van der Waals surface area contributed by atoms with Gasteiger partial charge in [-0.15, -0.1) is 0 Å². The number of hydrogen-bond acceptors (Lipinski definition) is 6. The fourth-order valence-corrected chi connectivity index (χ4v) is 4.19. The number of anilines is 1. The van der Waals surface area contributed by atoms with Gasteiger partial charge in [0.25, 0.3) is 11.8 Å². The third kappa shape index (κ3) is 3.24. The Morgan fingerprint density at radius 2 is 1.83 bits per heavy atom. The molecule has 3 aliphatic rings. The first kappa shape index (κ1) is 19.0. The van der Waals surface area contributed by atoms with Crippen molar-refractivity contribution in [3.8, 4) is 0 Å². The van der Waals surface area contributed by atoms with Crippen LogP contribution in [0.3, 0.4) is 0 Å². The van der Waals surface area contributed by atoms with Gasteiger partial charge in [-0.25, -0.2) is 4.39 Å². The lowest BCUT2D eigenvalue weighted by Gasteiger charge is -2.27. The Kier molecular flexibility index (Phi) is 4.56. The maximum Gasteiger partial charge on any atom is 0.303 e. The van der Waals surface area contributed by atoms with Gasteiger partial charge in [0.1, 0.15) is 11.9 Å². The molecule has 0 saturated carbocycles. The maximum atomic E-state index is 14.7. The standard InChI is InChI=1S/C19H18FN3O6/c20-12-6-10-11(7-14(12)22-4-3-9(8-22)5-16(25)26)19(29)23(18(10)28)13-1-2-15(24)21-17(13)27/h6-7,9,13H,1-5,8H2,(H,25,26)(H,21,24,27). The summed E-state index contributed by atoms with van der Waals surface area (Å²) >= 11 is 0. The zero-order valence-electron chi connectivity index (χ0n) is 15.3. The van der Waals surface area contributed by atoms with E-state index in [4.69, 9.17) is 5.11 Å². The number of benzene rings is 1. The molecule has 3 heterocycles. The number of carbonyl (C=O) groups excluding carboxylic acids is 4. The molecular formula is C19H18FN3O6. The molecular weight excluding hydrogens is 385 g/mol. The van der Waals surface area contributed by atoms with E-state index < -0.39 is 41.5 Å². The van der Waals surface area contributed by atoms with E-state index in [1.54, 1.807) is 4.90 Å². The number of rotatable bonds is 4. The number of fused-ring (bicyclic) bond motifs is 1. The summed E-state index contributed by atoms with van der Waals surface area (Å²) < 4.78 is 14.7. The second-order valence-electron chi connectivity index (χ2n) is 7.49. The SMILES string of the molecule is O=C(O)CC1CCN(c2cc3c(cc2F)C(=O)N(C2CCC(=O)NC2=O)C3=O)C1. The number of carboxylic acids is 1. The smallest absolute Gasteiger partial charge is 0.303 e. The summed E-state index contributed by atoms with van der Waals surface area (Å²) in [6, 6.07) is 1.17. The zero-order chi connectivity index (χ0) is 20.9. The van der Waals surface area contributed by atoms with Crippen molar-refractivity contribution in [1.29, 1.82) is 0 Å². The summed E-state index contributed by atoms with van der Waals surface area (Å²) in [6.07, 6.45) is 0.582. The second kappa shape index (κ2) is 6.94. The van der Waals surface area contributed by atoms with Crippen LogP contribution < -0.4 is 10.2 Å². The second-order valence-corrected chi connectivity index (χ2v) is 7.49. The summed E-state index contributed by atoms with van der Waals surface area (Å²) in [6.45, 7) is 0.771. The highest BCUT2D eigenvalue weighted by Crippen LogP contribution is 2.34. The molecule has 4 amide bonds. The number of imide groups is 2. The predicted octanol–water partition coefficient (Wildman–Crippen LogP) is 0.528. The van der Waals surface area contributed by atoms with Crippen molar-refractivity contribution in [3.05, 3.63) is 29.1 Å². The largest absolute Gasteiger partial charge is 0.481 e. The Balaban J connectivity index is 1.61. The molecule has 2 saturated heterocycles. The lowest BCUT2D eigenvalue weighted by molar-refractivity contribution is -0.138. The number of nitrogens with zero attached hydrogens (tertiary/aromatic N) is 2. The van der Waals surface area contributed by atoms with Gasteiger partial charge >= 0.3 is 5.97 Å². The highest BCUT2D eigenvalue weighted by molar-refractivity contribution is 6.23. The fourth-order valence-electron chi connectivity index (χ4n) is 4.19. The van der Waals surface area contributed by atoms with Crippen LogP contribution in [0, 0.1) is 11.7 Å². The summed E-state index contributed by atoms with van der Waals surface area (Å²) in [5, 5.41) is 11.0. The molecule has 9 nitrogen and oxygen atoms in total. The molecule has 1 aromatic rings. The van der Waals surface area contributed by atoms with Crippen molar-refractivity contribution < 1.29 is 33.5 Å². The van der Waals surface area contributed by atoms with Gasteiger partial charge in [-0.05, 0) is 30.9 Å². The molecule has 3 aliphatic heterocycles. The van der Waals surface area contributed by atoms with Gasteiger partial charge in [0.15, 0.2) is 0 Å². The van der Waals surface area contributed by atoms with Gasteiger partial charge in [0, 0.05) is 25.9 Å². The van der Waals surface area contributed by atoms with Crippen molar-refractivity contribution in [1.82, 2.24) is 10.2 Å². The molecule has 0 radical (unpaired) electrons. The molecule has 0 aromatic heterocycles. The number of piperidine rings is 1. The monoisotopic (exact) mass is 403 g/mol. The van der Waals surface area contributed by atoms with Crippen molar-refractivity contribution in [2.75, 3.05) is 18.0 Å². The van der Waals surface area contributed by atoms with Crippen molar-refractivity contribution in [2.45, 2.75) is 31.7 Å². The first-order chi connectivity index (χ1) is 13.8. The summed E-state index contributed by atoms with van der Waals surface area (Å²) in [4.78, 5) is 62.3. The van der Waals surface area contributed by atoms with E-state index >= 15 is 0 Å². The lowest BCUT2D eigenvalue weighted by atomic mass is 10.0. The fraction of sp³-hybridized carbons (Fsp3) is 0.421. The quantitative estimate of drug-likeness (QED) is 0.703. The minimum atomic E-state index is -1.11. The molecule has 29 heavy (non-hydrogen) atoms. The molecule has 10 heteroatoms. The van der Waals surface area contributed by atoms with E-state index in [2.05, 4.69) is 5.32 Å². The molecule has 4 rings (SSSR count). The van der Waals surface area contributed by atoms with Crippen molar-refractivity contribution in [2.24, 2.45) is 5.92 Å². The van der Waals surface area contributed by atoms with E-state index in [1.165, 1.54) is 6.07 Å². The van der Waals surface area contributed by atoms with Gasteiger partial charge in [-0.1, -0.05) is 0 Å². The number of carbonyl (C=O) groups is 5. The number of amides is 4. The molecule has 2 fully saturated rings. The number of carboxylic acid groups (broad SMARTS) is 1. The molecule has 2 atom stereocenters. The Labute approximate surface area is 164 Å². The highest BCUT2D eigenvalue weighted by atomic mass is 19.1. The first-order valence-electron chi connectivity index (χ1n) is 9.28. The van der Waals surface area contributed by atoms with Crippen LogP contribution in [0.2, 0.25) is 0 Å². The molecule has 2 N–H and O–H groups in total. The van der Waals surface area contributed by atoms with E-state index in [9.17, 15) is 28.4 Å². The van der Waals surface area contributed by atoms with Gasteiger partial charge in [0.2, 0.25) is 11.8 Å². The predicted molar refractivity (Wildman–Crippen MR) is 95.6 cm³/mol. The van der Waals surface area contributed by atoms with Crippen LogP contribution in [-0.4, -0.2) is 58.7 Å². The summed E-state index contributed by atoms with van der Waals surface area (Å²) in [5.74, 6) is -4.42. The number of nitrogens with one attached hydrogen (secondary N) is 1. The minimum Gasteiger partial charge on any atom is -0.481 e. The van der Waals surface area contributed by atoms with E-state index in [0.29, 0.717) is 19.5 Å². The van der Waals surface area contributed by atoms with Crippen molar-refractivity contribution >= 4 is 35.3 Å². The molecule has 152 valence electrons. The zero-order valence-corrected chi connectivity index (χ0v) is 15.3. The number of halogens is 1. The van der Waals surface area contributed by atoms with Crippen LogP contribution in [0.4, 0.5) is 10.1 Å². The minimum absolute atomic E-state index is 0.00205. The Hall–Kier alpha value is -3.30. The Morgan fingerprint density at radius 1 is 1.14 bits per heavy atom. The van der Waals surface area contributed by atoms with E-state index in [1.807, 2.05) is 0 Å². The molecule has 1 aromatic carbocycles. The maximum absolute atomic E-state index is 14.7. The van der Waals surface area contributed by atoms with E-state index in [-0.39, 0.29) is 42.0 Å². The molecule has 0 aliphatic carbocycles. The van der Waals surface area contributed by atoms with Crippen molar-refractivity contribution in [3.63, 3.8) is 0 Å². The lowest BCUT2D eigenvalue weighted by Crippen LogP contribution is -2.54. The Morgan fingerprint density at radius 3 is 2.48 bits per heavy atom. The summed E-state index contributed by atoms with van der Waals surface area (Å²) in [5.41, 5.74) is 0.00271. The van der Waals surface area contributed by atoms with E-state index in [0.717, 1.165) is 11.0 Å². The summed E-state index contributed by atoms with van der Waals surface area (Å²) in [7, 11) is 0. The average Bonchev–Trinajstić information content (AvgIpc) is 3.18. The Bertz CT molecular complexity index is 962. The third-order valence-electron chi connectivity index (χ3n) is 5.60. The molecule has 0 spiro atoms. The first-order valence-corrected chi connectivity index (χ1v) is 9.28. The van der Waals surface area contributed by atoms with Crippen LogP contribution in [0.5, 0.6) is 0 Å². The molecule has 2 unspecified atom stereocenters. The van der Waals surface area contributed by atoms with Gasteiger partial charge in [-0.3, -0.25) is 34.2 Å². The third-order valence-corrected chi connectivity index (χ3v) is 5.60. The topological polar surface area (TPSA) is 124 Å². The average molecular weight is 403 g/mol. The number of hydrogen-bond donors (Lipinski definition) is 2. The molecule has 0 bridgehead atoms. The highest BCUT2D eigenvalue weighted by Gasteiger charge is 2.45. The normalized spacial score (nSPS) is 24.2. The van der Waals surface area contributed by atoms with Crippen LogP contribution >= 0.6 is 0 Å². The van der Waals surface area contributed by atoms with Gasteiger partial charge in [-0.2, -0.15) is 0 Å². The van der Waals surface area contributed by atoms with Crippen LogP contribution in [0.15, 0.2) is 12.1 Å².